The second kappa shape index (κ2) is 4.99. The molecule has 5 heteroatoms. The van der Waals surface area contributed by atoms with Crippen molar-refractivity contribution in [2.24, 2.45) is 0 Å². The molecule has 0 saturated heterocycles. The fraction of sp³-hybridized carbons (Fsp3) is 0.800. The summed E-state index contributed by atoms with van der Waals surface area (Å²) >= 11 is 11.1. The lowest BCUT2D eigenvalue weighted by Crippen LogP contribution is -2.27. The van der Waals surface area contributed by atoms with Crippen LogP contribution in [-0.2, 0) is 9.22 Å². The van der Waals surface area contributed by atoms with E-state index in [-0.39, 0.29) is 5.97 Å². The zero-order chi connectivity index (χ0) is 8.15. The van der Waals surface area contributed by atoms with Crippen molar-refractivity contribution in [1.29, 1.82) is 0 Å². The number of alkyl halides is 2. The van der Waals surface area contributed by atoms with E-state index < -0.39 is 13.5 Å². The van der Waals surface area contributed by atoms with Crippen LogP contribution in [0.4, 0.5) is 0 Å². The van der Waals surface area contributed by atoms with Crippen molar-refractivity contribution in [3.8, 4) is 0 Å². The van der Waals surface area contributed by atoms with Crippen molar-refractivity contribution in [3.63, 3.8) is 0 Å². The summed E-state index contributed by atoms with van der Waals surface area (Å²) in [7, 11) is -1.66. The number of halogens is 2. The molecule has 0 fully saturated rings. The normalized spacial score (nSPS) is 13.3. The van der Waals surface area contributed by atoms with Gasteiger partial charge in [0.1, 0.15) is 4.46 Å². The van der Waals surface area contributed by atoms with E-state index in [1.807, 2.05) is 6.92 Å². The first-order chi connectivity index (χ1) is 4.57. The Morgan fingerprint density at radius 2 is 2.20 bits per heavy atom. The van der Waals surface area contributed by atoms with Crippen molar-refractivity contribution < 1.29 is 9.22 Å². The van der Waals surface area contributed by atoms with Crippen LogP contribution < -0.4 is 0 Å². The van der Waals surface area contributed by atoms with Crippen molar-refractivity contribution in [1.82, 2.24) is 0 Å². The van der Waals surface area contributed by atoms with Gasteiger partial charge in [-0.2, -0.15) is 0 Å². The third kappa shape index (κ3) is 4.14. The van der Waals surface area contributed by atoms with Crippen LogP contribution in [0.3, 0.4) is 0 Å². The highest BCUT2D eigenvalue weighted by atomic mass is 35.5. The predicted octanol–water partition coefficient (Wildman–Crippen LogP) is 1.64. The smallest absolute Gasteiger partial charge is 0.289 e. The lowest BCUT2D eigenvalue weighted by molar-refractivity contribution is -0.132. The Morgan fingerprint density at radius 1 is 1.70 bits per heavy atom. The summed E-state index contributed by atoms with van der Waals surface area (Å²) in [6.45, 7) is 3.28. The topological polar surface area (TPSA) is 26.3 Å². The largest absolute Gasteiger partial charge is 0.519 e. The van der Waals surface area contributed by atoms with Gasteiger partial charge < -0.3 is 4.43 Å². The average molecular weight is 201 g/mol. The van der Waals surface area contributed by atoms with Gasteiger partial charge in [-0.25, -0.2) is 0 Å². The van der Waals surface area contributed by atoms with Gasteiger partial charge in [0.15, 0.2) is 0 Å². The Bertz CT molecular complexity index is 118. The van der Waals surface area contributed by atoms with Crippen LogP contribution in [0.25, 0.3) is 0 Å². The van der Waals surface area contributed by atoms with Crippen LogP contribution in [-0.4, -0.2) is 19.5 Å². The Kier molecular flexibility index (Phi) is 5.12. The van der Waals surface area contributed by atoms with E-state index in [4.69, 9.17) is 27.6 Å². The van der Waals surface area contributed by atoms with E-state index in [0.29, 0.717) is 0 Å². The van der Waals surface area contributed by atoms with Crippen molar-refractivity contribution in [3.05, 3.63) is 0 Å². The van der Waals surface area contributed by atoms with Crippen LogP contribution >= 0.6 is 23.2 Å². The number of rotatable bonds is 3. The Hall–Kier alpha value is 0.267. The van der Waals surface area contributed by atoms with Gasteiger partial charge in [0.2, 0.25) is 0 Å². The van der Waals surface area contributed by atoms with E-state index in [1.54, 1.807) is 0 Å². The summed E-state index contributed by atoms with van der Waals surface area (Å²) in [5, 5.41) is 0. The maximum atomic E-state index is 10.4. The molecule has 0 aromatic heterocycles. The predicted molar refractivity (Wildman–Crippen MR) is 44.9 cm³/mol. The van der Waals surface area contributed by atoms with Crippen molar-refractivity contribution in [2.45, 2.75) is 24.4 Å². The van der Waals surface area contributed by atoms with Crippen LogP contribution in [0, 0.1) is 0 Å². The van der Waals surface area contributed by atoms with Gasteiger partial charge in [-0.15, -0.1) is 23.2 Å². The number of hydrogen-bond acceptors (Lipinski definition) is 2. The first-order valence-electron chi connectivity index (χ1n) is 3.03. The minimum absolute atomic E-state index is 0.287. The first-order valence-corrected chi connectivity index (χ1v) is 5.86. The van der Waals surface area contributed by atoms with E-state index in [1.165, 1.54) is 6.92 Å². The monoisotopic (exact) mass is 200 g/mol. The van der Waals surface area contributed by atoms with Gasteiger partial charge in [-0.1, -0.05) is 6.92 Å². The zero-order valence-electron chi connectivity index (χ0n) is 5.93. The maximum Gasteiger partial charge on any atom is 0.289 e. The van der Waals surface area contributed by atoms with E-state index in [0.717, 1.165) is 6.04 Å². The second-order valence-electron chi connectivity index (χ2n) is 1.89. The molecule has 0 aliphatic carbocycles. The summed E-state index contributed by atoms with van der Waals surface area (Å²) in [5.41, 5.74) is 0. The molecule has 0 aliphatic heterocycles. The van der Waals surface area contributed by atoms with Gasteiger partial charge in [0.25, 0.3) is 15.0 Å². The number of carbonyl (C=O) groups excluding carboxylic acids is 1. The lowest BCUT2D eigenvalue weighted by Gasteiger charge is -2.12. The molecule has 0 radical (unpaired) electrons. The third-order valence-electron chi connectivity index (χ3n) is 1.00. The average Bonchev–Trinajstić information content (AvgIpc) is 1.81. The molecule has 10 heavy (non-hydrogen) atoms. The Balaban J connectivity index is 3.71. The highest BCUT2D eigenvalue weighted by molar-refractivity contribution is 6.76. The van der Waals surface area contributed by atoms with E-state index in [2.05, 4.69) is 0 Å². The standard InChI is InChI=1S/C5H10Cl2O2Si/c1-3-10(5(6)7)9-4(2)8/h5,10H,3H2,1-2H3. The summed E-state index contributed by atoms with van der Waals surface area (Å²) in [6.07, 6.45) is 0. The highest BCUT2D eigenvalue weighted by Crippen LogP contribution is 2.11. The maximum absolute atomic E-state index is 10.4. The SMILES string of the molecule is CC[SiH](OC(C)=O)C(Cl)Cl. The molecule has 0 N–H and O–H groups in total. The van der Waals surface area contributed by atoms with Gasteiger partial charge in [-0.05, 0) is 6.04 Å². The summed E-state index contributed by atoms with van der Waals surface area (Å²) < 4.78 is 4.41. The molecule has 2 nitrogen and oxygen atoms in total. The summed E-state index contributed by atoms with van der Waals surface area (Å²) in [6, 6.07) is 0.775. The molecule has 0 aliphatic rings. The van der Waals surface area contributed by atoms with Crippen molar-refractivity contribution in [2.75, 3.05) is 0 Å². The van der Waals surface area contributed by atoms with Crippen LogP contribution in [0.5, 0.6) is 0 Å². The van der Waals surface area contributed by atoms with Crippen LogP contribution in [0.15, 0.2) is 0 Å². The zero-order valence-corrected chi connectivity index (χ0v) is 8.60. The molecule has 60 valence electrons. The van der Waals surface area contributed by atoms with Gasteiger partial charge in [-0.3, -0.25) is 4.79 Å². The third-order valence-corrected chi connectivity index (χ3v) is 4.69. The molecular formula is C5H10Cl2O2Si. The fourth-order valence-corrected chi connectivity index (χ4v) is 2.96. The van der Waals surface area contributed by atoms with Crippen molar-refractivity contribution >= 4 is 38.2 Å². The van der Waals surface area contributed by atoms with Gasteiger partial charge >= 0.3 is 0 Å². The number of carbonyl (C=O) groups is 1. The summed E-state index contributed by atoms with van der Waals surface area (Å²) in [5.74, 6) is -0.287. The molecule has 0 spiro atoms. The minimum Gasteiger partial charge on any atom is -0.519 e. The fourth-order valence-electron chi connectivity index (χ4n) is 0.526. The molecular weight excluding hydrogens is 191 g/mol. The minimum atomic E-state index is -1.66. The highest BCUT2D eigenvalue weighted by Gasteiger charge is 2.20. The molecule has 0 amide bonds. The first kappa shape index (κ1) is 10.3. The molecule has 1 unspecified atom stereocenters. The number of hydrogen-bond donors (Lipinski definition) is 0. The summed E-state index contributed by atoms with van der Waals surface area (Å²) in [4.78, 5) is 10.4. The molecule has 0 bridgehead atoms. The van der Waals surface area contributed by atoms with Gasteiger partial charge in [0, 0.05) is 6.92 Å². The van der Waals surface area contributed by atoms with E-state index in [9.17, 15) is 4.79 Å². The molecule has 0 aromatic carbocycles. The van der Waals surface area contributed by atoms with E-state index >= 15 is 0 Å². The molecule has 0 heterocycles. The van der Waals surface area contributed by atoms with Gasteiger partial charge in [0.05, 0.1) is 0 Å². The quantitative estimate of drug-likeness (QED) is 0.512. The van der Waals surface area contributed by atoms with Crippen LogP contribution in [0.1, 0.15) is 13.8 Å². The molecule has 0 aromatic rings. The lowest BCUT2D eigenvalue weighted by atomic mass is 10.9. The Morgan fingerprint density at radius 3 is 2.30 bits per heavy atom. The Labute approximate surface area is 72.2 Å². The molecule has 0 rings (SSSR count). The molecule has 0 saturated carbocycles. The van der Waals surface area contributed by atoms with Crippen LogP contribution in [0.2, 0.25) is 6.04 Å². The molecule has 1 atom stereocenters. The second-order valence-corrected chi connectivity index (χ2v) is 6.70.